The van der Waals surface area contributed by atoms with Crippen LogP contribution in [-0.2, 0) is 4.79 Å². The van der Waals surface area contributed by atoms with Crippen LogP contribution in [0.25, 0.3) is 0 Å². The first kappa shape index (κ1) is 21.0. The molecule has 0 aliphatic heterocycles. The normalized spacial score (nSPS) is 11.6. The molecule has 2 N–H and O–H groups in total. The van der Waals surface area contributed by atoms with Gasteiger partial charge < -0.3 is 15.4 Å². The summed E-state index contributed by atoms with van der Waals surface area (Å²) in [5.41, 5.74) is 3.10. The summed E-state index contributed by atoms with van der Waals surface area (Å²) in [7, 11) is 0. The van der Waals surface area contributed by atoms with E-state index in [1.807, 2.05) is 32.9 Å². The van der Waals surface area contributed by atoms with Crippen molar-refractivity contribution in [2.45, 2.75) is 40.2 Å². The van der Waals surface area contributed by atoms with E-state index in [0.29, 0.717) is 23.5 Å². The average molecular weight is 433 g/mol. The number of aryl methyl sites for hydroxylation is 2. The van der Waals surface area contributed by atoms with E-state index in [4.69, 9.17) is 4.74 Å². The Morgan fingerprint density at radius 3 is 2.26 bits per heavy atom. The van der Waals surface area contributed by atoms with Crippen molar-refractivity contribution in [1.82, 2.24) is 5.32 Å². The lowest BCUT2D eigenvalue weighted by Gasteiger charge is -2.18. The molecule has 0 aliphatic carbocycles. The van der Waals surface area contributed by atoms with Gasteiger partial charge in [-0.2, -0.15) is 0 Å². The maximum absolute atomic E-state index is 12.4. The third-order valence-corrected chi connectivity index (χ3v) is 4.50. The summed E-state index contributed by atoms with van der Waals surface area (Å²) < 4.78 is 6.85. The van der Waals surface area contributed by atoms with Crippen molar-refractivity contribution in [2.24, 2.45) is 0 Å². The number of benzene rings is 2. The van der Waals surface area contributed by atoms with E-state index < -0.39 is 6.10 Å². The van der Waals surface area contributed by atoms with Gasteiger partial charge in [-0.1, -0.05) is 22.9 Å². The molecule has 0 aliphatic rings. The first-order chi connectivity index (χ1) is 12.8. The topological polar surface area (TPSA) is 67.4 Å². The maximum atomic E-state index is 12.4. The van der Waals surface area contributed by atoms with Gasteiger partial charge in [-0.25, -0.2) is 0 Å². The summed E-state index contributed by atoms with van der Waals surface area (Å²) in [6.45, 7) is 8.24. The molecule has 2 rings (SSSR count). The van der Waals surface area contributed by atoms with Gasteiger partial charge in [0, 0.05) is 22.3 Å². The highest BCUT2D eigenvalue weighted by molar-refractivity contribution is 9.10. The van der Waals surface area contributed by atoms with E-state index in [0.717, 1.165) is 22.0 Å². The first-order valence-electron chi connectivity index (χ1n) is 8.94. The number of ether oxygens (including phenoxy) is 1. The predicted octanol–water partition coefficient (Wildman–Crippen LogP) is 4.61. The van der Waals surface area contributed by atoms with Crippen molar-refractivity contribution in [2.75, 3.05) is 11.9 Å². The summed E-state index contributed by atoms with van der Waals surface area (Å²) in [4.78, 5) is 24.4. The highest BCUT2D eigenvalue weighted by atomic mass is 79.9. The number of carbonyl (C=O) groups is 2. The Kier molecular flexibility index (Phi) is 7.42. The number of hydrogen-bond acceptors (Lipinski definition) is 3. The highest BCUT2D eigenvalue weighted by Crippen LogP contribution is 2.28. The molecule has 1 unspecified atom stereocenters. The fourth-order valence-corrected chi connectivity index (χ4v) is 3.29. The zero-order valence-corrected chi connectivity index (χ0v) is 17.6. The fourth-order valence-electron chi connectivity index (χ4n) is 2.60. The van der Waals surface area contributed by atoms with Gasteiger partial charge in [0.05, 0.1) is 0 Å². The molecule has 0 spiro atoms. The van der Waals surface area contributed by atoms with Crippen LogP contribution in [0.4, 0.5) is 5.69 Å². The van der Waals surface area contributed by atoms with Crippen LogP contribution in [0, 0.1) is 13.8 Å². The monoisotopic (exact) mass is 432 g/mol. The van der Waals surface area contributed by atoms with Crippen LogP contribution in [0.15, 0.2) is 40.9 Å². The van der Waals surface area contributed by atoms with E-state index in [2.05, 4.69) is 26.6 Å². The summed E-state index contributed by atoms with van der Waals surface area (Å²) in [6.07, 6.45) is 0.228. The van der Waals surface area contributed by atoms with Crippen molar-refractivity contribution in [3.05, 3.63) is 57.6 Å². The predicted molar refractivity (Wildman–Crippen MR) is 111 cm³/mol. The molecular weight excluding hydrogens is 408 g/mol. The molecule has 1 atom stereocenters. The molecule has 0 saturated heterocycles. The Bertz CT molecular complexity index is 796. The van der Waals surface area contributed by atoms with Crippen LogP contribution in [0.1, 0.15) is 41.8 Å². The third-order valence-electron chi connectivity index (χ3n) is 4.04. The average Bonchev–Trinajstić information content (AvgIpc) is 2.63. The van der Waals surface area contributed by atoms with Gasteiger partial charge >= 0.3 is 0 Å². The lowest BCUT2D eigenvalue weighted by Crippen LogP contribution is -2.30. The molecule has 0 bridgehead atoms. The zero-order valence-electron chi connectivity index (χ0n) is 16.1. The Balaban J connectivity index is 1.99. The number of anilines is 1. The van der Waals surface area contributed by atoms with E-state index in [9.17, 15) is 9.59 Å². The van der Waals surface area contributed by atoms with Crippen LogP contribution >= 0.6 is 15.9 Å². The lowest BCUT2D eigenvalue weighted by molar-refractivity contribution is -0.122. The van der Waals surface area contributed by atoms with Gasteiger partial charge in [-0.15, -0.1) is 0 Å². The Morgan fingerprint density at radius 1 is 1.11 bits per heavy atom. The van der Waals surface area contributed by atoms with Gasteiger partial charge in [-0.05, 0) is 74.7 Å². The quantitative estimate of drug-likeness (QED) is 0.670. The van der Waals surface area contributed by atoms with E-state index in [1.54, 1.807) is 31.2 Å². The van der Waals surface area contributed by atoms with Gasteiger partial charge in [-0.3, -0.25) is 9.59 Å². The van der Waals surface area contributed by atoms with Gasteiger partial charge in [0.25, 0.3) is 11.8 Å². The molecule has 5 nitrogen and oxygen atoms in total. The summed E-state index contributed by atoms with van der Waals surface area (Å²) in [5, 5.41) is 5.64. The van der Waals surface area contributed by atoms with Crippen molar-refractivity contribution in [3.8, 4) is 5.75 Å². The standard InChI is InChI=1S/C21H25BrN2O3/c1-5-10-23-21(26)16-6-8-18(9-7-16)24-20(25)15(4)27-19-13(2)11-17(22)12-14(19)3/h6-9,11-12,15H,5,10H2,1-4H3,(H,23,26)(H,24,25). The molecule has 2 amide bonds. The number of rotatable bonds is 7. The molecule has 2 aromatic rings. The summed E-state index contributed by atoms with van der Waals surface area (Å²) >= 11 is 3.45. The highest BCUT2D eigenvalue weighted by Gasteiger charge is 2.17. The van der Waals surface area contributed by atoms with Gasteiger partial charge in [0.15, 0.2) is 6.10 Å². The van der Waals surface area contributed by atoms with Crippen molar-refractivity contribution in [3.63, 3.8) is 0 Å². The fraction of sp³-hybridized carbons (Fsp3) is 0.333. The van der Waals surface area contributed by atoms with E-state index in [1.165, 1.54) is 0 Å². The SMILES string of the molecule is CCCNC(=O)c1ccc(NC(=O)C(C)Oc2c(C)cc(Br)cc2C)cc1. The molecule has 0 aromatic heterocycles. The van der Waals surface area contributed by atoms with Gasteiger partial charge in [0.1, 0.15) is 5.75 Å². The molecule has 0 fully saturated rings. The molecule has 0 radical (unpaired) electrons. The molecule has 0 heterocycles. The molecule has 27 heavy (non-hydrogen) atoms. The van der Waals surface area contributed by atoms with Crippen LogP contribution in [0.2, 0.25) is 0 Å². The van der Waals surface area contributed by atoms with E-state index >= 15 is 0 Å². The number of nitrogens with one attached hydrogen (secondary N) is 2. The minimum absolute atomic E-state index is 0.118. The summed E-state index contributed by atoms with van der Waals surface area (Å²) in [5.74, 6) is 0.344. The Labute approximate surface area is 168 Å². The van der Waals surface area contributed by atoms with Crippen LogP contribution < -0.4 is 15.4 Å². The second kappa shape index (κ2) is 9.55. The maximum Gasteiger partial charge on any atom is 0.265 e. The van der Waals surface area contributed by atoms with Crippen molar-refractivity contribution < 1.29 is 14.3 Å². The molecule has 2 aromatic carbocycles. The van der Waals surface area contributed by atoms with E-state index in [-0.39, 0.29) is 11.8 Å². The number of amides is 2. The first-order valence-corrected chi connectivity index (χ1v) is 9.73. The second-order valence-electron chi connectivity index (χ2n) is 6.45. The van der Waals surface area contributed by atoms with Gasteiger partial charge in [0.2, 0.25) is 0 Å². The minimum Gasteiger partial charge on any atom is -0.480 e. The zero-order chi connectivity index (χ0) is 20.0. The van der Waals surface area contributed by atoms with Crippen LogP contribution in [-0.4, -0.2) is 24.5 Å². The summed E-state index contributed by atoms with van der Waals surface area (Å²) in [6, 6.07) is 10.7. The molecular formula is C21H25BrN2O3. The van der Waals surface area contributed by atoms with Crippen LogP contribution in [0.3, 0.4) is 0 Å². The Hall–Kier alpha value is -2.34. The molecule has 6 heteroatoms. The number of halogens is 1. The largest absolute Gasteiger partial charge is 0.480 e. The third kappa shape index (κ3) is 5.82. The smallest absolute Gasteiger partial charge is 0.265 e. The molecule has 0 saturated carbocycles. The lowest BCUT2D eigenvalue weighted by atomic mass is 10.1. The minimum atomic E-state index is -0.656. The Morgan fingerprint density at radius 2 is 1.70 bits per heavy atom. The second-order valence-corrected chi connectivity index (χ2v) is 7.37. The van der Waals surface area contributed by atoms with Crippen molar-refractivity contribution in [1.29, 1.82) is 0 Å². The molecule has 144 valence electrons. The number of carbonyl (C=O) groups excluding carboxylic acids is 2. The number of hydrogen-bond donors (Lipinski definition) is 2. The van der Waals surface area contributed by atoms with Crippen molar-refractivity contribution >= 4 is 33.4 Å². The van der Waals surface area contributed by atoms with Crippen LogP contribution in [0.5, 0.6) is 5.75 Å².